The maximum absolute atomic E-state index is 12.4. The molecule has 0 bridgehead atoms. The fourth-order valence-corrected chi connectivity index (χ4v) is 4.27. The number of carboxylic acids is 1. The lowest BCUT2D eigenvalue weighted by molar-refractivity contribution is -0.143. The molecule has 3 rings (SSSR count). The monoisotopic (exact) mass is 263 g/mol. The van der Waals surface area contributed by atoms with E-state index in [1.54, 1.807) is 17.8 Å². The van der Waals surface area contributed by atoms with Crippen molar-refractivity contribution >= 4 is 23.6 Å². The van der Waals surface area contributed by atoms with Crippen molar-refractivity contribution in [1.29, 1.82) is 0 Å². The van der Waals surface area contributed by atoms with Gasteiger partial charge in [-0.15, -0.1) is 11.8 Å². The summed E-state index contributed by atoms with van der Waals surface area (Å²) < 4.78 is 0. The van der Waals surface area contributed by atoms with Gasteiger partial charge in [0.1, 0.15) is 10.9 Å². The summed E-state index contributed by atoms with van der Waals surface area (Å²) in [5.74, 6) is -0.318. The van der Waals surface area contributed by atoms with E-state index in [4.69, 9.17) is 0 Å². The summed E-state index contributed by atoms with van der Waals surface area (Å²) in [5, 5.41) is 9.29. The van der Waals surface area contributed by atoms with E-state index in [-0.39, 0.29) is 5.91 Å². The first kappa shape index (κ1) is 11.6. The lowest BCUT2D eigenvalue weighted by atomic mass is 10.0. The molecule has 1 aromatic carbocycles. The Balaban J connectivity index is 2.16. The number of nitrogens with zero attached hydrogens (tertiary/aromatic N) is 1. The lowest BCUT2D eigenvalue weighted by Crippen LogP contribution is -2.53. The van der Waals surface area contributed by atoms with E-state index in [0.29, 0.717) is 12.0 Å². The highest BCUT2D eigenvalue weighted by molar-refractivity contribution is 8.00. The third-order valence-electron chi connectivity index (χ3n) is 3.71. The van der Waals surface area contributed by atoms with Crippen LogP contribution in [0.4, 0.5) is 0 Å². The second-order valence-electron chi connectivity index (χ2n) is 4.69. The predicted octanol–water partition coefficient (Wildman–Crippen LogP) is 1.91. The summed E-state index contributed by atoms with van der Waals surface area (Å²) in [7, 11) is 0. The van der Waals surface area contributed by atoms with Crippen molar-refractivity contribution in [3.05, 3.63) is 35.4 Å². The van der Waals surface area contributed by atoms with Gasteiger partial charge >= 0.3 is 5.97 Å². The molecule has 2 aliphatic heterocycles. The van der Waals surface area contributed by atoms with E-state index < -0.39 is 16.9 Å². The lowest BCUT2D eigenvalue weighted by Gasteiger charge is -2.43. The van der Waals surface area contributed by atoms with Crippen LogP contribution < -0.4 is 0 Å². The van der Waals surface area contributed by atoms with Crippen LogP contribution in [0.1, 0.15) is 29.3 Å². The fraction of sp³-hybridized carbons (Fsp3) is 0.385. The van der Waals surface area contributed by atoms with E-state index >= 15 is 0 Å². The van der Waals surface area contributed by atoms with Gasteiger partial charge in [-0.05, 0) is 25.2 Å². The highest BCUT2D eigenvalue weighted by atomic mass is 32.2. The summed E-state index contributed by atoms with van der Waals surface area (Å²) in [5.41, 5.74) is 1.58. The predicted molar refractivity (Wildman–Crippen MR) is 68.5 cm³/mol. The Morgan fingerprint density at radius 1 is 1.50 bits per heavy atom. The smallest absolute Gasteiger partial charge is 0.326 e. The summed E-state index contributed by atoms with van der Waals surface area (Å²) >= 11 is 1.65. The third kappa shape index (κ3) is 1.34. The minimum atomic E-state index is -0.914. The van der Waals surface area contributed by atoms with Crippen LogP contribution >= 0.6 is 11.8 Å². The molecule has 0 radical (unpaired) electrons. The summed E-state index contributed by atoms with van der Waals surface area (Å²) in [6.07, 6.45) is 0.509. The summed E-state index contributed by atoms with van der Waals surface area (Å²) in [6.45, 7) is 1.94. The molecule has 5 heteroatoms. The Morgan fingerprint density at radius 3 is 2.94 bits per heavy atom. The molecule has 2 atom stereocenters. The highest BCUT2D eigenvalue weighted by Crippen LogP contribution is 2.51. The van der Waals surface area contributed by atoms with Crippen molar-refractivity contribution in [2.45, 2.75) is 24.3 Å². The number of aliphatic carboxylic acids is 1. The molecule has 2 heterocycles. The molecule has 2 aliphatic rings. The number of carbonyl (C=O) groups excluding carboxylic acids is 1. The van der Waals surface area contributed by atoms with Crippen LogP contribution in [0.3, 0.4) is 0 Å². The number of carboxylic acid groups (broad SMARTS) is 1. The van der Waals surface area contributed by atoms with Crippen LogP contribution in [0.15, 0.2) is 24.3 Å². The molecule has 18 heavy (non-hydrogen) atoms. The zero-order valence-corrected chi connectivity index (χ0v) is 10.7. The Morgan fingerprint density at radius 2 is 2.22 bits per heavy atom. The van der Waals surface area contributed by atoms with Crippen molar-refractivity contribution in [2.75, 3.05) is 5.75 Å². The van der Waals surface area contributed by atoms with Gasteiger partial charge in [-0.1, -0.05) is 18.2 Å². The Hall–Kier alpha value is -1.49. The highest BCUT2D eigenvalue weighted by Gasteiger charge is 2.53. The number of benzene rings is 1. The molecular formula is C13H13NO3S. The SMILES string of the molecule is C[C@@]12SCC[C@@H](C(=O)O)N1C(=O)c1ccccc12. The zero-order chi connectivity index (χ0) is 12.9. The van der Waals surface area contributed by atoms with Gasteiger partial charge in [-0.3, -0.25) is 4.79 Å². The quantitative estimate of drug-likeness (QED) is 0.840. The maximum atomic E-state index is 12.4. The first-order valence-electron chi connectivity index (χ1n) is 5.85. The Kier molecular flexibility index (Phi) is 2.41. The second-order valence-corrected chi connectivity index (χ2v) is 6.19. The average Bonchev–Trinajstić information content (AvgIpc) is 2.59. The standard InChI is InChI=1S/C13H13NO3S/c1-13-9-5-3-2-4-8(9)11(15)14(13)10(12(16)17)6-7-18-13/h2-5,10H,6-7H2,1H3,(H,16,17)/t10-,13-/m0/s1. The number of fused-ring (bicyclic) bond motifs is 3. The van der Waals surface area contributed by atoms with Gasteiger partial charge in [0.15, 0.2) is 0 Å². The largest absolute Gasteiger partial charge is 0.480 e. The van der Waals surface area contributed by atoms with Crippen molar-refractivity contribution in [3.63, 3.8) is 0 Å². The molecule has 0 unspecified atom stereocenters. The van der Waals surface area contributed by atoms with Gasteiger partial charge in [0.05, 0.1) is 0 Å². The van der Waals surface area contributed by atoms with E-state index in [9.17, 15) is 14.7 Å². The Bertz CT molecular complexity index is 545. The van der Waals surface area contributed by atoms with Crippen molar-refractivity contribution < 1.29 is 14.7 Å². The maximum Gasteiger partial charge on any atom is 0.326 e. The minimum Gasteiger partial charge on any atom is -0.480 e. The molecule has 1 saturated heterocycles. The third-order valence-corrected chi connectivity index (χ3v) is 5.13. The first-order chi connectivity index (χ1) is 8.55. The number of rotatable bonds is 1. The molecular weight excluding hydrogens is 250 g/mol. The number of thioether (sulfide) groups is 1. The van der Waals surface area contributed by atoms with E-state index in [2.05, 4.69) is 0 Å². The van der Waals surface area contributed by atoms with Crippen LogP contribution in [-0.4, -0.2) is 33.7 Å². The molecule has 0 aliphatic carbocycles. The van der Waals surface area contributed by atoms with Crippen LogP contribution in [-0.2, 0) is 9.67 Å². The van der Waals surface area contributed by atoms with Gasteiger partial charge in [-0.2, -0.15) is 0 Å². The van der Waals surface area contributed by atoms with Gasteiger partial charge < -0.3 is 10.0 Å². The first-order valence-corrected chi connectivity index (χ1v) is 6.84. The summed E-state index contributed by atoms with van der Waals surface area (Å²) in [6, 6.07) is 6.70. The average molecular weight is 263 g/mol. The molecule has 0 saturated carbocycles. The molecule has 0 spiro atoms. The zero-order valence-electron chi connectivity index (χ0n) is 9.92. The van der Waals surface area contributed by atoms with Crippen molar-refractivity contribution in [2.24, 2.45) is 0 Å². The van der Waals surface area contributed by atoms with E-state index in [0.717, 1.165) is 11.3 Å². The number of hydrogen-bond acceptors (Lipinski definition) is 3. The van der Waals surface area contributed by atoms with Gasteiger partial charge in [0.25, 0.3) is 5.91 Å². The van der Waals surface area contributed by atoms with Crippen LogP contribution in [0.25, 0.3) is 0 Å². The molecule has 1 fully saturated rings. The molecule has 1 N–H and O–H groups in total. The normalized spacial score (nSPS) is 29.9. The van der Waals surface area contributed by atoms with Crippen LogP contribution in [0.5, 0.6) is 0 Å². The molecule has 1 amide bonds. The van der Waals surface area contributed by atoms with E-state index in [1.807, 2.05) is 25.1 Å². The van der Waals surface area contributed by atoms with Gasteiger partial charge in [-0.25, -0.2) is 4.79 Å². The molecule has 1 aromatic rings. The van der Waals surface area contributed by atoms with E-state index in [1.165, 1.54) is 4.90 Å². The molecule has 0 aromatic heterocycles. The molecule has 4 nitrogen and oxygen atoms in total. The van der Waals surface area contributed by atoms with Gasteiger partial charge in [0.2, 0.25) is 0 Å². The number of hydrogen-bond donors (Lipinski definition) is 1. The molecule has 94 valence electrons. The second kappa shape index (κ2) is 3.75. The van der Waals surface area contributed by atoms with Crippen LogP contribution in [0, 0.1) is 0 Å². The fourth-order valence-electron chi connectivity index (χ4n) is 2.85. The Labute approximate surface area is 109 Å². The van der Waals surface area contributed by atoms with Crippen LogP contribution in [0.2, 0.25) is 0 Å². The topological polar surface area (TPSA) is 57.6 Å². The summed E-state index contributed by atoms with van der Waals surface area (Å²) in [4.78, 5) is 24.7. The van der Waals surface area contributed by atoms with Crippen molar-refractivity contribution in [3.8, 4) is 0 Å². The number of carbonyl (C=O) groups is 2. The van der Waals surface area contributed by atoms with Gasteiger partial charge in [0, 0.05) is 11.1 Å². The minimum absolute atomic E-state index is 0.160. The van der Waals surface area contributed by atoms with Crippen molar-refractivity contribution in [1.82, 2.24) is 4.90 Å². The number of amides is 1.